The first-order chi connectivity index (χ1) is 10.4. The lowest BCUT2D eigenvalue weighted by molar-refractivity contribution is -0.141. The zero-order chi connectivity index (χ0) is 15.7. The Morgan fingerprint density at radius 1 is 1.18 bits per heavy atom. The molecular weight excluding hydrogens is 297 g/mol. The Morgan fingerprint density at radius 2 is 1.95 bits per heavy atom. The third-order valence-corrected chi connectivity index (χ3v) is 3.53. The molecule has 22 heavy (non-hydrogen) atoms. The first-order valence-electron chi connectivity index (χ1n) is 6.59. The Morgan fingerprint density at radius 3 is 2.59 bits per heavy atom. The van der Waals surface area contributed by atoms with Crippen LogP contribution in [0.1, 0.15) is 5.69 Å². The van der Waals surface area contributed by atoms with Gasteiger partial charge in [0.15, 0.2) is 0 Å². The number of rotatable bonds is 3. The SMILES string of the molecule is CN(c1nccc(C(F)(F)F)n1)C1CN(c2cnccn2)C1. The summed E-state index contributed by atoms with van der Waals surface area (Å²) in [5.74, 6) is 0.815. The average Bonchev–Trinajstić information content (AvgIpc) is 2.46. The summed E-state index contributed by atoms with van der Waals surface area (Å²) in [5, 5.41) is 0. The molecule has 3 rings (SSSR count). The fourth-order valence-electron chi connectivity index (χ4n) is 2.18. The summed E-state index contributed by atoms with van der Waals surface area (Å²) in [6.07, 6.45) is 1.49. The van der Waals surface area contributed by atoms with Crippen molar-refractivity contribution in [2.45, 2.75) is 12.2 Å². The van der Waals surface area contributed by atoms with Crippen LogP contribution in [-0.4, -0.2) is 46.1 Å². The summed E-state index contributed by atoms with van der Waals surface area (Å²) in [6, 6.07) is 0.898. The zero-order valence-corrected chi connectivity index (χ0v) is 11.7. The summed E-state index contributed by atoms with van der Waals surface area (Å²) in [4.78, 5) is 19.3. The molecule has 0 aromatic carbocycles. The average molecular weight is 310 g/mol. The number of anilines is 2. The number of likely N-dealkylation sites (N-methyl/N-ethyl adjacent to an activating group) is 1. The van der Waals surface area contributed by atoms with Crippen LogP contribution in [0, 0.1) is 0 Å². The molecule has 1 saturated heterocycles. The molecule has 0 amide bonds. The predicted octanol–water partition coefficient (Wildman–Crippen LogP) is 1.61. The number of hydrogen-bond acceptors (Lipinski definition) is 6. The van der Waals surface area contributed by atoms with Gasteiger partial charge in [0.25, 0.3) is 0 Å². The molecule has 0 unspecified atom stereocenters. The van der Waals surface area contributed by atoms with Crippen molar-refractivity contribution in [3.8, 4) is 0 Å². The van der Waals surface area contributed by atoms with Gasteiger partial charge in [-0.3, -0.25) is 4.98 Å². The van der Waals surface area contributed by atoms with Gasteiger partial charge in [0.2, 0.25) is 5.95 Å². The fourth-order valence-corrected chi connectivity index (χ4v) is 2.18. The van der Waals surface area contributed by atoms with Crippen molar-refractivity contribution >= 4 is 11.8 Å². The molecule has 6 nitrogen and oxygen atoms in total. The molecule has 2 aromatic heterocycles. The minimum absolute atomic E-state index is 0.0329. The van der Waals surface area contributed by atoms with Crippen molar-refractivity contribution in [1.82, 2.24) is 19.9 Å². The lowest BCUT2D eigenvalue weighted by Crippen LogP contribution is -2.59. The standard InChI is InChI=1S/C13H13F3N6/c1-21(12-19-3-2-10(20-12)13(14,15)16)9-7-22(8-9)11-6-17-4-5-18-11/h2-6,9H,7-8H2,1H3. The summed E-state index contributed by atoms with van der Waals surface area (Å²) >= 11 is 0. The quantitative estimate of drug-likeness (QED) is 0.858. The second kappa shape index (κ2) is 5.39. The lowest BCUT2D eigenvalue weighted by Gasteiger charge is -2.44. The predicted molar refractivity (Wildman–Crippen MR) is 73.5 cm³/mol. The third-order valence-electron chi connectivity index (χ3n) is 3.53. The number of aromatic nitrogens is 4. The van der Waals surface area contributed by atoms with E-state index in [9.17, 15) is 13.2 Å². The van der Waals surface area contributed by atoms with E-state index in [1.54, 1.807) is 30.5 Å². The van der Waals surface area contributed by atoms with Crippen LogP contribution in [0.2, 0.25) is 0 Å². The molecule has 1 fully saturated rings. The third kappa shape index (κ3) is 2.78. The maximum atomic E-state index is 12.7. The summed E-state index contributed by atoms with van der Waals surface area (Å²) < 4.78 is 38.0. The van der Waals surface area contributed by atoms with Gasteiger partial charge in [0.05, 0.1) is 12.2 Å². The smallest absolute Gasteiger partial charge is 0.351 e. The van der Waals surface area contributed by atoms with Crippen LogP contribution in [0.25, 0.3) is 0 Å². The highest BCUT2D eigenvalue weighted by molar-refractivity contribution is 5.44. The van der Waals surface area contributed by atoms with Crippen molar-refractivity contribution in [3.05, 3.63) is 36.5 Å². The summed E-state index contributed by atoms with van der Waals surface area (Å²) in [5.41, 5.74) is -0.936. The van der Waals surface area contributed by atoms with Crippen molar-refractivity contribution in [1.29, 1.82) is 0 Å². The van der Waals surface area contributed by atoms with Gasteiger partial charge < -0.3 is 9.80 Å². The minimum atomic E-state index is -4.47. The Hall–Kier alpha value is -2.45. The second-order valence-electron chi connectivity index (χ2n) is 4.97. The van der Waals surface area contributed by atoms with Gasteiger partial charge >= 0.3 is 6.18 Å². The van der Waals surface area contributed by atoms with Crippen molar-refractivity contribution in [2.24, 2.45) is 0 Å². The van der Waals surface area contributed by atoms with Crippen LogP contribution in [0.3, 0.4) is 0 Å². The Balaban J connectivity index is 1.68. The van der Waals surface area contributed by atoms with Crippen LogP contribution >= 0.6 is 0 Å². The topological polar surface area (TPSA) is 58.0 Å². The van der Waals surface area contributed by atoms with E-state index < -0.39 is 11.9 Å². The van der Waals surface area contributed by atoms with Crippen molar-refractivity contribution < 1.29 is 13.2 Å². The molecule has 0 saturated carbocycles. The molecule has 9 heteroatoms. The van der Waals surface area contributed by atoms with E-state index in [2.05, 4.69) is 19.9 Å². The second-order valence-corrected chi connectivity index (χ2v) is 4.97. The number of nitrogens with zero attached hydrogens (tertiary/aromatic N) is 6. The van der Waals surface area contributed by atoms with E-state index in [4.69, 9.17) is 0 Å². The zero-order valence-electron chi connectivity index (χ0n) is 11.7. The molecular formula is C13H13F3N6. The molecule has 0 spiro atoms. The molecule has 0 radical (unpaired) electrons. The summed E-state index contributed by atoms with van der Waals surface area (Å²) in [6.45, 7) is 1.27. The molecule has 3 heterocycles. The van der Waals surface area contributed by atoms with Crippen LogP contribution in [0.5, 0.6) is 0 Å². The van der Waals surface area contributed by atoms with Gasteiger partial charge in [-0.25, -0.2) is 15.0 Å². The summed E-state index contributed by atoms with van der Waals surface area (Å²) in [7, 11) is 1.69. The lowest BCUT2D eigenvalue weighted by atomic mass is 10.1. The maximum Gasteiger partial charge on any atom is 0.433 e. The number of halogens is 3. The van der Waals surface area contributed by atoms with Crippen LogP contribution in [0.4, 0.5) is 24.9 Å². The van der Waals surface area contributed by atoms with E-state index in [1.807, 2.05) is 4.90 Å². The molecule has 1 aliphatic heterocycles. The maximum absolute atomic E-state index is 12.7. The molecule has 1 aliphatic rings. The van der Waals surface area contributed by atoms with Crippen LogP contribution in [0.15, 0.2) is 30.9 Å². The largest absolute Gasteiger partial charge is 0.433 e. The van der Waals surface area contributed by atoms with Gasteiger partial charge in [0, 0.05) is 38.7 Å². The Labute approximate surface area is 124 Å². The van der Waals surface area contributed by atoms with Gasteiger partial charge in [-0.15, -0.1) is 0 Å². The Kier molecular flexibility index (Phi) is 3.55. The van der Waals surface area contributed by atoms with E-state index in [0.29, 0.717) is 13.1 Å². The monoisotopic (exact) mass is 310 g/mol. The highest BCUT2D eigenvalue weighted by Gasteiger charge is 2.35. The number of alkyl halides is 3. The van der Waals surface area contributed by atoms with E-state index in [1.165, 1.54) is 0 Å². The highest BCUT2D eigenvalue weighted by atomic mass is 19.4. The molecule has 0 N–H and O–H groups in total. The highest BCUT2D eigenvalue weighted by Crippen LogP contribution is 2.29. The van der Waals surface area contributed by atoms with Gasteiger partial charge in [-0.1, -0.05) is 0 Å². The minimum Gasteiger partial charge on any atom is -0.351 e. The molecule has 116 valence electrons. The van der Waals surface area contributed by atoms with Crippen molar-refractivity contribution in [3.63, 3.8) is 0 Å². The Bertz CT molecular complexity index is 642. The molecule has 2 aromatic rings. The van der Waals surface area contributed by atoms with E-state index in [0.717, 1.165) is 18.1 Å². The van der Waals surface area contributed by atoms with Crippen LogP contribution < -0.4 is 9.80 Å². The van der Waals surface area contributed by atoms with E-state index in [-0.39, 0.29) is 12.0 Å². The van der Waals surface area contributed by atoms with Crippen LogP contribution in [-0.2, 0) is 6.18 Å². The van der Waals surface area contributed by atoms with Gasteiger partial charge in [-0.2, -0.15) is 13.2 Å². The van der Waals surface area contributed by atoms with Crippen molar-refractivity contribution in [2.75, 3.05) is 29.9 Å². The molecule has 0 atom stereocenters. The molecule has 0 aliphatic carbocycles. The van der Waals surface area contributed by atoms with Gasteiger partial charge in [0.1, 0.15) is 11.5 Å². The fraction of sp³-hybridized carbons (Fsp3) is 0.385. The van der Waals surface area contributed by atoms with E-state index >= 15 is 0 Å². The first kappa shape index (κ1) is 14.5. The molecule has 0 bridgehead atoms. The first-order valence-corrected chi connectivity index (χ1v) is 6.59. The van der Waals surface area contributed by atoms with Gasteiger partial charge in [-0.05, 0) is 6.07 Å². The normalized spacial score (nSPS) is 15.5. The number of hydrogen-bond donors (Lipinski definition) is 0.